The van der Waals surface area contributed by atoms with E-state index < -0.39 is 4.92 Å². The highest BCUT2D eigenvalue weighted by Gasteiger charge is 2.26. The Labute approximate surface area is 110 Å². The van der Waals surface area contributed by atoms with E-state index in [1.54, 1.807) is 6.07 Å². The van der Waals surface area contributed by atoms with Gasteiger partial charge in [0.25, 0.3) is 5.69 Å². The summed E-state index contributed by atoms with van der Waals surface area (Å²) in [6, 6.07) is 6.49. The van der Waals surface area contributed by atoms with Gasteiger partial charge >= 0.3 is 0 Å². The van der Waals surface area contributed by atoms with Gasteiger partial charge in [0.05, 0.1) is 10.6 Å². The molecule has 0 saturated carbocycles. The van der Waals surface area contributed by atoms with Crippen LogP contribution < -0.4 is 0 Å². The molecule has 1 heterocycles. The number of hydrogen-bond donors (Lipinski definition) is 0. The normalized spacial score (nSPS) is 20.9. The second-order valence-electron chi connectivity index (χ2n) is 4.52. The van der Waals surface area contributed by atoms with Crippen LogP contribution in [0.5, 0.6) is 0 Å². The number of benzene rings is 1. The largest absolute Gasteiger partial charge is 0.387 e. The zero-order valence-corrected chi connectivity index (χ0v) is 10.2. The molecule has 0 saturated heterocycles. The average molecular weight is 256 g/mol. The highest BCUT2D eigenvalue weighted by Crippen LogP contribution is 2.27. The van der Waals surface area contributed by atoms with Crippen LogP contribution in [0.2, 0.25) is 0 Å². The van der Waals surface area contributed by atoms with Crippen molar-refractivity contribution >= 4 is 11.4 Å². The molecule has 1 atom stereocenters. The Kier molecular flexibility index (Phi) is 2.87. The van der Waals surface area contributed by atoms with E-state index in [0.717, 1.165) is 17.7 Å². The molecule has 0 fully saturated rings. The summed E-state index contributed by atoms with van der Waals surface area (Å²) in [5, 5.41) is 14.8. The lowest BCUT2D eigenvalue weighted by Gasteiger charge is -2.08. The zero-order chi connectivity index (χ0) is 13.2. The summed E-state index contributed by atoms with van der Waals surface area (Å²) in [4.78, 5) is 15.8. The van der Waals surface area contributed by atoms with E-state index >= 15 is 0 Å². The minimum atomic E-state index is -0.402. The van der Waals surface area contributed by atoms with Crippen molar-refractivity contribution in [1.29, 1.82) is 0 Å². The average Bonchev–Trinajstić information content (AvgIpc) is 3.09. The Morgan fingerprint density at radius 3 is 3.05 bits per heavy atom. The van der Waals surface area contributed by atoms with Crippen molar-refractivity contribution < 1.29 is 9.76 Å². The van der Waals surface area contributed by atoms with Crippen molar-refractivity contribution in [2.24, 2.45) is 5.16 Å². The molecule has 1 unspecified atom stereocenters. The maximum Gasteiger partial charge on any atom is 0.270 e. The van der Waals surface area contributed by atoms with Crippen molar-refractivity contribution in [3.05, 3.63) is 63.7 Å². The zero-order valence-electron chi connectivity index (χ0n) is 10.2. The van der Waals surface area contributed by atoms with Gasteiger partial charge in [0.1, 0.15) is 0 Å². The fraction of sp³-hybridized carbons (Fsp3) is 0.214. The van der Waals surface area contributed by atoms with Gasteiger partial charge in [-0.1, -0.05) is 35.5 Å². The van der Waals surface area contributed by atoms with Gasteiger partial charge in [-0.05, 0) is 12.0 Å². The molecule has 0 amide bonds. The molecule has 5 heteroatoms. The summed E-state index contributed by atoms with van der Waals surface area (Å²) in [7, 11) is 0. The first-order chi connectivity index (χ1) is 9.24. The number of nitrogens with zero attached hydrogens (tertiary/aromatic N) is 2. The summed E-state index contributed by atoms with van der Waals surface area (Å²) < 4.78 is 0. The molecule has 0 spiro atoms. The summed E-state index contributed by atoms with van der Waals surface area (Å²) in [6.45, 7) is 0. The van der Waals surface area contributed by atoms with Crippen LogP contribution in [0.4, 0.5) is 5.69 Å². The van der Waals surface area contributed by atoms with Crippen molar-refractivity contribution in [2.45, 2.75) is 18.9 Å². The van der Waals surface area contributed by atoms with Crippen molar-refractivity contribution in [2.75, 3.05) is 0 Å². The third-order valence-electron chi connectivity index (χ3n) is 3.27. The van der Waals surface area contributed by atoms with Gasteiger partial charge in [0, 0.05) is 24.1 Å². The van der Waals surface area contributed by atoms with Crippen LogP contribution in [-0.4, -0.2) is 16.7 Å². The van der Waals surface area contributed by atoms with Gasteiger partial charge in [-0.15, -0.1) is 0 Å². The molecule has 0 radical (unpaired) electrons. The van der Waals surface area contributed by atoms with Crippen molar-refractivity contribution in [3.8, 4) is 0 Å². The lowest BCUT2D eigenvalue weighted by atomic mass is 9.99. The SMILES string of the molecule is O=[N+]([O-])c1cccc(C2=NOC(C3=CC=CC3)C2)c1. The maximum atomic E-state index is 10.8. The topological polar surface area (TPSA) is 64.7 Å². The highest BCUT2D eigenvalue weighted by atomic mass is 16.6. The lowest BCUT2D eigenvalue weighted by molar-refractivity contribution is -0.384. The van der Waals surface area contributed by atoms with E-state index in [1.165, 1.54) is 17.7 Å². The quantitative estimate of drug-likeness (QED) is 0.616. The monoisotopic (exact) mass is 256 g/mol. The molecule has 1 aromatic carbocycles. The smallest absolute Gasteiger partial charge is 0.270 e. The van der Waals surface area contributed by atoms with Gasteiger partial charge in [-0.2, -0.15) is 0 Å². The molecule has 19 heavy (non-hydrogen) atoms. The van der Waals surface area contributed by atoms with E-state index in [0.29, 0.717) is 6.42 Å². The standard InChI is InChI=1S/C14H12N2O3/c17-16(18)12-7-3-6-11(8-12)13-9-14(19-15-13)10-4-1-2-5-10/h1-4,6-8,14H,5,9H2. The number of oxime groups is 1. The van der Waals surface area contributed by atoms with Crippen LogP contribution >= 0.6 is 0 Å². The number of nitro groups is 1. The van der Waals surface area contributed by atoms with E-state index in [1.807, 2.05) is 18.2 Å². The highest BCUT2D eigenvalue weighted by molar-refractivity contribution is 6.01. The van der Waals surface area contributed by atoms with Crippen LogP contribution in [0.1, 0.15) is 18.4 Å². The maximum absolute atomic E-state index is 10.8. The van der Waals surface area contributed by atoms with E-state index in [9.17, 15) is 10.1 Å². The van der Waals surface area contributed by atoms with E-state index in [4.69, 9.17) is 4.84 Å². The number of nitro benzene ring substituents is 1. The third kappa shape index (κ3) is 2.27. The molecule has 2 aliphatic rings. The fourth-order valence-corrected chi connectivity index (χ4v) is 2.25. The van der Waals surface area contributed by atoms with Crippen LogP contribution in [-0.2, 0) is 4.84 Å². The lowest BCUT2D eigenvalue weighted by Crippen LogP contribution is -2.10. The number of allylic oxidation sites excluding steroid dienone is 3. The molecular formula is C14H12N2O3. The molecule has 96 valence electrons. The van der Waals surface area contributed by atoms with Crippen molar-refractivity contribution in [3.63, 3.8) is 0 Å². The first kappa shape index (κ1) is 11.6. The Morgan fingerprint density at radius 2 is 2.32 bits per heavy atom. The van der Waals surface area contributed by atoms with Crippen LogP contribution in [0.3, 0.4) is 0 Å². The van der Waals surface area contributed by atoms with Gasteiger partial charge in [-0.25, -0.2) is 0 Å². The van der Waals surface area contributed by atoms with Crippen molar-refractivity contribution in [1.82, 2.24) is 0 Å². The molecule has 0 aromatic heterocycles. The van der Waals surface area contributed by atoms with Crippen LogP contribution in [0.25, 0.3) is 0 Å². The minimum absolute atomic E-state index is 0.0377. The fourth-order valence-electron chi connectivity index (χ4n) is 2.25. The predicted octanol–water partition coefficient (Wildman–Crippen LogP) is 2.97. The molecule has 1 aliphatic carbocycles. The summed E-state index contributed by atoms with van der Waals surface area (Å²) >= 11 is 0. The van der Waals surface area contributed by atoms with Gasteiger partial charge in [0.15, 0.2) is 6.10 Å². The third-order valence-corrected chi connectivity index (χ3v) is 3.27. The number of rotatable bonds is 3. The first-order valence-electron chi connectivity index (χ1n) is 6.07. The molecular weight excluding hydrogens is 244 g/mol. The predicted molar refractivity (Wildman–Crippen MR) is 71.0 cm³/mol. The molecule has 0 N–H and O–H groups in total. The molecule has 3 rings (SSSR count). The van der Waals surface area contributed by atoms with Gasteiger partial charge < -0.3 is 4.84 Å². The van der Waals surface area contributed by atoms with Gasteiger partial charge in [0.2, 0.25) is 0 Å². The Bertz CT molecular complexity index is 617. The summed E-state index contributed by atoms with van der Waals surface area (Å²) in [5.41, 5.74) is 2.79. The molecule has 0 bridgehead atoms. The second-order valence-corrected chi connectivity index (χ2v) is 4.52. The van der Waals surface area contributed by atoms with E-state index in [-0.39, 0.29) is 11.8 Å². The Balaban J connectivity index is 1.77. The Morgan fingerprint density at radius 1 is 1.42 bits per heavy atom. The minimum Gasteiger partial charge on any atom is -0.387 e. The molecule has 1 aliphatic heterocycles. The molecule has 5 nitrogen and oxygen atoms in total. The first-order valence-corrected chi connectivity index (χ1v) is 6.07. The number of non-ortho nitro benzene ring substituents is 1. The second kappa shape index (κ2) is 4.68. The van der Waals surface area contributed by atoms with Crippen LogP contribution in [0.15, 0.2) is 53.2 Å². The number of hydrogen-bond acceptors (Lipinski definition) is 4. The summed E-state index contributed by atoms with van der Waals surface area (Å²) in [6.07, 6.45) is 7.63. The van der Waals surface area contributed by atoms with Crippen LogP contribution in [0, 0.1) is 10.1 Å². The summed E-state index contributed by atoms with van der Waals surface area (Å²) in [5.74, 6) is 0. The van der Waals surface area contributed by atoms with E-state index in [2.05, 4.69) is 11.2 Å². The Hall–Kier alpha value is -2.43. The molecule has 1 aromatic rings. The van der Waals surface area contributed by atoms with Gasteiger partial charge in [-0.3, -0.25) is 10.1 Å².